The summed E-state index contributed by atoms with van der Waals surface area (Å²) in [6, 6.07) is 12.3. The Bertz CT molecular complexity index is 1910. The lowest BCUT2D eigenvalue weighted by molar-refractivity contribution is -0.144. The van der Waals surface area contributed by atoms with Crippen LogP contribution in [-0.2, 0) is 26.2 Å². The Balaban J connectivity index is 1.27. The molecule has 14 heteroatoms. The summed E-state index contributed by atoms with van der Waals surface area (Å²) in [6.45, 7) is 5.90. The summed E-state index contributed by atoms with van der Waals surface area (Å²) < 4.78 is 30.4. The first-order valence-corrected chi connectivity index (χ1v) is 16.1. The molecule has 0 radical (unpaired) electrons. The quantitative estimate of drug-likeness (QED) is 0.302. The van der Waals surface area contributed by atoms with Crippen molar-refractivity contribution in [3.05, 3.63) is 83.2 Å². The van der Waals surface area contributed by atoms with E-state index in [1.165, 1.54) is 40.9 Å². The number of carboxylic acid groups (broad SMARTS) is 1. The number of pyridine rings is 2. The zero-order chi connectivity index (χ0) is 30.7. The highest BCUT2D eigenvalue weighted by Crippen LogP contribution is 2.52. The standard InChI is InChI=1S/C29H30N6O6S2/c1-4-33-22-8-6-14-31-24(22)35(27(33)39)19-11-9-18(10-12-19)21-15-29(21,26(37)38)32-25(36)23-28(2,3)42-17-34(23)43(40,41)20-7-5-13-30-16-20/h5-14,16,21,23H,4,15,17H2,1-3H3,(H,32,36)(H,37,38)/t21-,23+,29?/m0/s1. The minimum Gasteiger partial charge on any atom is -0.479 e. The fourth-order valence-corrected chi connectivity index (χ4v) is 9.01. The monoisotopic (exact) mass is 622 g/mol. The molecule has 1 amide bonds. The van der Waals surface area contributed by atoms with Gasteiger partial charge in [0, 0.05) is 35.8 Å². The molecule has 224 valence electrons. The number of thioether (sulfide) groups is 1. The summed E-state index contributed by atoms with van der Waals surface area (Å²) in [5.41, 5.74) is 0.653. The average Bonchev–Trinajstić information content (AvgIpc) is 3.51. The molecule has 12 nitrogen and oxygen atoms in total. The number of sulfonamides is 1. The van der Waals surface area contributed by atoms with Crippen molar-refractivity contribution in [3.8, 4) is 5.69 Å². The number of nitrogens with zero attached hydrogens (tertiary/aromatic N) is 5. The first-order valence-electron chi connectivity index (χ1n) is 13.7. The van der Waals surface area contributed by atoms with Crippen molar-refractivity contribution in [2.75, 3.05) is 5.88 Å². The Morgan fingerprint density at radius 1 is 1.12 bits per heavy atom. The van der Waals surface area contributed by atoms with Gasteiger partial charge in [0.1, 0.15) is 16.5 Å². The molecular weight excluding hydrogens is 592 g/mol. The van der Waals surface area contributed by atoms with E-state index in [-0.39, 0.29) is 22.9 Å². The minimum atomic E-state index is -4.07. The minimum absolute atomic E-state index is 0.0376. The van der Waals surface area contributed by atoms with Gasteiger partial charge in [0.25, 0.3) is 0 Å². The Kier molecular flexibility index (Phi) is 6.98. The van der Waals surface area contributed by atoms with Crippen LogP contribution < -0.4 is 11.0 Å². The molecule has 1 saturated carbocycles. The molecule has 6 rings (SSSR count). The fourth-order valence-electron chi connectivity index (χ4n) is 5.88. The molecule has 3 aromatic heterocycles. The van der Waals surface area contributed by atoms with Gasteiger partial charge in [-0.3, -0.25) is 14.3 Å². The third-order valence-electron chi connectivity index (χ3n) is 8.25. The summed E-state index contributed by atoms with van der Waals surface area (Å²) in [5.74, 6) is -2.38. The number of carbonyl (C=O) groups excluding carboxylic acids is 1. The third-order valence-corrected chi connectivity index (χ3v) is 11.6. The molecule has 1 saturated heterocycles. The zero-order valence-electron chi connectivity index (χ0n) is 23.7. The van der Waals surface area contributed by atoms with Crippen LogP contribution in [-0.4, -0.2) is 71.0 Å². The van der Waals surface area contributed by atoms with Crippen LogP contribution in [0, 0.1) is 0 Å². The van der Waals surface area contributed by atoms with Gasteiger partial charge in [-0.1, -0.05) is 12.1 Å². The summed E-state index contributed by atoms with van der Waals surface area (Å²) in [5, 5.41) is 13.0. The van der Waals surface area contributed by atoms with Crippen molar-refractivity contribution in [2.45, 2.75) is 60.9 Å². The normalized spacial score (nSPS) is 23.3. The Labute approximate surface area is 251 Å². The fraction of sp³-hybridized carbons (Fsp3) is 0.345. The largest absolute Gasteiger partial charge is 0.479 e. The van der Waals surface area contributed by atoms with Gasteiger partial charge in [-0.25, -0.2) is 27.6 Å². The molecule has 1 aromatic carbocycles. The number of aromatic nitrogens is 4. The highest BCUT2D eigenvalue weighted by atomic mass is 32.2. The van der Waals surface area contributed by atoms with Gasteiger partial charge in [0.2, 0.25) is 15.9 Å². The molecule has 2 N–H and O–H groups in total. The smallest absolute Gasteiger partial charge is 0.334 e. The number of hydrogen-bond donors (Lipinski definition) is 2. The van der Waals surface area contributed by atoms with E-state index in [0.717, 1.165) is 4.31 Å². The number of amides is 1. The Morgan fingerprint density at radius 3 is 2.49 bits per heavy atom. The first kappa shape index (κ1) is 29.1. The van der Waals surface area contributed by atoms with Crippen molar-refractivity contribution in [1.82, 2.24) is 28.7 Å². The maximum Gasteiger partial charge on any atom is 0.334 e. The molecule has 0 spiro atoms. The maximum atomic E-state index is 13.8. The van der Waals surface area contributed by atoms with E-state index in [0.29, 0.717) is 29.0 Å². The van der Waals surface area contributed by atoms with Crippen LogP contribution in [0.15, 0.2) is 76.8 Å². The highest BCUT2D eigenvalue weighted by Gasteiger charge is 2.64. The lowest BCUT2D eigenvalue weighted by atomic mass is 10.0. The van der Waals surface area contributed by atoms with Crippen LogP contribution in [0.5, 0.6) is 0 Å². The lowest BCUT2D eigenvalue weighted by Crippen LogP contribution is -2.57. The number of aliphatic carboxylic acids is 1. The average molecular weight is 623 g/mol. The van der Waals surface area contributed by atoms with Gasteiger partial charge < -0.3 is 10.4 Å². The lowest BCUT2D eigenvalue weighted by Gasteiger charge is -2.31. The van der Waals surface area contributed by atoms with Gasteiger partial charge in [-0.15, -0.1) is 11.8 Å². The molecule has 2 aliphatic rings. The molecular formula is C29H30N6O6S2. The Morgan fingerprint density at radius 2 is 1.84 bits per heavy atom. The molecule has 0 bridgehead atoms. The SMILES string of the molecule is CCn1c(=O)n(-c2ccc([C@@H]3CC3(NC(=O)[C@H]3N(S(=O)(=O)c4cccnc4)CSC3(C)C)C(=O)O)cc2)c2ncccc21. The number of aryl methyl sites for hydroxylation is 1. The Hall–Kier alpha value is -4.01. The molecule has 3 atom stereocenters. The molecule has 1 unspecified atom stereocenters. The number of hydrogen-bond acceptors (Lipinski definition) is 8. The van der Waals surface area contributed by atoms with Crippen molar-refractivity contribution < 1.29 is 23.1 Å². The second-order valence-electron chi connectivity index (χ2n) is 11.2. The van der Waals surface area contributed by atoms with Gasteiger partial charge >= 0.3 is 11.7 Å². The van der Waals surface area contributed by atoms with Crippen LogP contribution in [0.3, 0.4) is 0 Å². The van der Waals surface area contributed by atoms with E-state index in [9.17, 15) is 27.9 Å². The molecule has 1 aliphatic heterocycles. The number of carbonyl (C=O) groups is 2. The van der Waals surface area contributed by atoms with Crippen molar-refractivity contribution in [3.63, 3.8) is 0 Å². The second kappa shape index (κ2) is 10.3. The van der Waals surface area contributed by atoms with Gasteiger partial charge in [-0.05, 0) is 69.2 Å². The van der Waals surface area contributed by atoms with Crippen LogP contribution >= 0.6 is 11.8 Å². The molecule has 2 fully saturated rings. The van der Waals surface area contributed by atoms with Crippen LogP contribution in [0.2, 0.25) is 0 Å². The van der Waals surface area contributed by atoms with Crippen LogP contribution in [0.25, 0.3) is 16.9 Å². The number of nitrogens with one attached hydrogen (secondary N) is 1. The molecule has 4 aromatic rings. The van der Waals surface area contributed by atoms with E-state index in [1.54, 1.807) is 54.9 Å². The van der Waals surface area contributed by atoms with Gasteiger partial charge in [0.15, 0.2) is 5.65 Å². The summed E-state index contributed by atoms with van der Waals surface area (Å²) in [6.07, 6.45) is 4.44. The molecule has 1 aliphatic carbocycles. The predicted molar refractivity (Wildman–Crippen MR) is 160 cm³/mol. The van der Waals surface area contributed by atoms with Crippen molar-refractivity contribution in [1.29, 1.82) is 0 Å². The summed E-state index contributed by atoms with van der Waals surface area (Å²) in [4.78, 5) is 47.7. The number of imidazole rings is 1. The van der Waals surface area contributed by atoms with Gasteiger partial charge in [-0.2, -0.15) is 4.31 Å². The van der Waals surface area contributed by atoms with Crippen molar-refractivity contribution >= 4 is 44.8 Å². The van der Waals surface area contributed by atoms with E-state index >= 15 is 0 Å². The highest BCUT2D eigenvalue weighted by molar-refractivity contribution is 8.02. The van der Waals surface area contributed by atoms with E-state index in [2.05, 4.69) is 15.3 Å². The van der Waals surface area contributed by atoms with Crippen molar-refractivity contribution in [2.24, 2.45) is 0 Å². The van der Waals surface area contributed by atoms with Crippen LogP contribution in [0.1, 0.15) is 38.7 Å². The number of fused-ring (bicyclic) bond motifs is 1. The zero-order valence-corrected chi connectivity index (χ0v) is 25.3. The third kappa shape index (κ3) is 4.64. The maximum absolute atomic E-state index is 13.8. The summed E-state index contributed by atoms with van der Waals surface area (Å²) in [7, 11) is -4.07. The topological polar surface area (TPSA) is 156 Å². The second-order valence-corrected chi connectivity index (χ2v) is 14.7. The molecule has 4 heterocycles. The van der Waals surface area contributed by atoms with E-state index in [4.69, 9.17) is 0 Å². The number of benzene rings is 1. The van der Waals surface area contributed by atoms with E-state index < -0.39 is 44.1 Å². The number of carboxylic acids is 1. The number of rotatable bonds is 8. The molecule has 43 heavy (non-hydrogen) atoms. The summed E-state index contributed by atoms with van der Waals surface area (Å²) >= 11 is 1.31. The van der Waals surface area contributed by atoms with Gasteiger partial charge in [0.05, 0.1) is 17.1 Å². The van der Waals surface area contributed by atoms with E-state index in [1.807, 2.05) is 13.0 Å². The first-order chi connectivity index (χ1) is 20.4. The van der Waals surface area contributed by atoms with Crippen LogP contribution in [0.4, 0.5) is 0 Å². The predicted octanol–water partition coefficient (Wildman–Crippen LogP) is 2.57.